The maximum absolute atomic E-state index is 4.61. The molecule has 98 valence electrons. The van der Waals surface area contributed by atoms with Crippen LogP contribution in [0.3, 0.4) is 0 Å². The Balaban J connectivity index is 2.03. The third-order valence-corrected chi connectivity index (χ3v) is 3.12. The molecule has 20 heavy (non-hydrogen) atoms. The molecule has 0 aliphatic heterocycles. The van der Waals surface area contributed by atoms with Crippen molar-refractivity contribution in [2.75, 3.05) is 0 Å². The first-order valence-corrected chi connectivity index (χ1v) is 6.56. The summed E-state index contributed by atoms with van der Waals surface area (Å²) in [5, 5.41) is 0. The van der Waals surface area contributed by atoms with E-state index in [1.807, 2.05) is 31.2 Å². The first kappa shape index (κ1) is 12.5. The number of hydrogen-bond acceptors (Lipinski definition) is 3. The Hall–Kier alpha value is -2.55. The van der Waals surface area contributed by atoms with Crippen molar-refractivity contribution in [1.82, 2.24) is 15.0 Å². The Morgan fingerprint density at radius 2 is 1.55 bits per heavy atom. The summed E-state index contributed by atoms with van der Waals surface area (Å²) in [6, 6.07) is 16.1. The van der Waals surface area contributed by atoms with E-state index in [4.69, 9.17) is 0 Å². The lowest BCUT2D eigenvalue weighted by atomic mass is 10.1. The van der Waals surface area contributed by atoms with Gasteiger partial charge in [-0.25, -0.2) is 15.0 Å². The highest BCUT2D eigenvalue weighted by molar-refractivity contribution is 5.62. The average Bonchev–Trinajstić information content (AvgIpc) is 2.48. The van der Waals surface area contributed by atoms with Crippen molar-refractivity contribution in [2.24, 2.45) is 0 Å². The quantitative estimate of drug-likeness (QED) is 0.704. The molecule has 0 unspecified atom stereocenters. The number of rotatable bonds is 2. The van der Waals surface area contributed by atoms with E-state index in [0.29, 0.717) is 5.82 Å². The number of benzene rings is 1. The normalized spacial score (nSPS) is 10.5. The highest BCUT2D eigenvalue weighted by atomic mass is 14.9. The monoisotopic (exact) mass is 261 g/mol. The van der Waals surface area contributed by atoms with Gasteiger partial charge in [0.1, 0.15) is 5.69 Å². The molecule has 0 spiro atoms. The van der Waals surface area contributed by atoms with E-state index < -0.39 is 0 Å². The van der Waals surface area contributed by atoms with Gasteiger partial charge in [0.15, 0.2) is 5.82 Å². The van der Waals surface area contributed by atoms with Crippen molar-refractivity contribution < 1.29 is 0 Å². The third-order valence-electron chi connectivity index (χ3n) is 3.12. The number of nitrogens with zero attached hydrogens (tertiary/aromatic N) is 3. The van der Waals surface area contributed by atoms with Crippen LogP contribution in [0.15, 0.2) is 54.7 Å². The Bertz CT molecular complexity index is 733. The fourth-order valence-electron chi connectivity index (χ4n) is 2.03. The van der Waals surface area contributed by atoms with Crippen LogP contribution in [0.1, 0.15) is 11.3 Å². The zero-order chi connectivity index (χ0) is 13.9. The maximum atomic E-state index is 4.61. The van der Waals surface area contributed by atoms with E-state index in [0.717, 1.165) is 22.6 Å². The summed E-state index contributed by atoms with van der Waals surface area (Å²) >= 11 is 0. The molecule has 3 rings (SSSR count). The zero-order valence-corrected chi connectivity index (χ0v) is 11.5. The minimum atomic E-state index is 0.659. The summed E-state index contributed by atoms with van der Waals surface area (Å²) in [6.07, 6.45) is 1.78. The highest BCUT2D eigenvalue weighted by Gasteiger charge is 2.05. The molecule has 2 heterocycles. The molecular formula is C17H15N3. The fourth-order valence-corrected chi connectivity index (χ4v) is 2.03. The molecule has 0 amide bonds. The third kappa shape index (κ3) is 2.57. The summed E-state index contributed by atoms with van der Waals surface area (Å²) in [6.45, 7) is 4.04. The van der Waals surface area contributed by atoms with Crippen LogP contribution in [-0.4, -0.2) is 15.0 Å². The molecule has 0 atom stereocenters. The largest absolute Gasteiger partial charge is 0.250 e. The lowest BCUT2D eigenvalue weighted by molar-refractivity contribution is 1.12. The van der Waals surface area contributed by atoms with Crippen LogP contribution in [0.5, 0.6) is 0 Å². The van der Waals surface area contributed by atoms with Crippen molar-refractivity contribution in [3.05, 3.63) is 66.0 Å². The molecule has 0 aliphatic carbocycles. The lowest BCUT2D eigenvalue weighted by Gasteiger charge is -2.04. The maximum Gasteiger partial charge on any atom is 0.178 e. The number of aryl methyl sites for hydroxylation is 2. The van der Waals surface area contributed by atoms with Crippen molar-refractivity contribution in [1.29, 1.82) is 0 Å². The smallest absolute Gasteiger partial charge is 0.178 e. The van der Waals surface area contributed by atoms with E-state index in [1.165, 1.54) is 5.56 Å². The van der Waals surface area contributed by atoms with E-state index in [1.54, 1.807) is 6.20 Å². The predicted octanol–water partition coefficient (Wildman–Crippen LogP) is 3.82. The van der Waals surface area contributed by atoms with Crippen LogP contribution in [0.2, 0.25) is 0 Å². The number of aromatic nitrogens is 3. The molecule has 0 N–H and O–H groups in total. The molecule has 2 aromatic heterocycles. The lowest BCUT2D eigenvalue weighted by Crippen LogP contribution is -1.94. The van der Waals surface area contributed by atoms with E-state index in [9.17, 15) is 0 Å². The molecule has 3 aromatic rings. The Morgan fingerprint density at radius 3 is 2.30 bits per heavy atom. The molecule has 0 fully saturated rings. The van der Waals surface area contributed by atoms with Crippen molar-refractivity contribution in [2.45, 2.75) is 13.8 Å². The molecular weight excluding hydrogens is 246 g/mol. The van der Waals surface area contributed by atoms with Crippen molar-refractivity contribution in [3.8, 4) is 22.8 Å². The minimum absolute atomic E-state index is 0.659. The Morgan fingerprint density at radius 1 is 0.750 bits per heavy atom. The van der Waals surface area contributed by atoms with Crippen LogP contribution in [0.25, 0.3) is 22.8 Å². The van der Waals surface area contributed by atoms with Crippen LogP contribution in [0.4, 0.5) is 0 Å². The van der Waals surface area contributed by atoms with Gasteiger partial charge < -0.3 is 0 Å². The summed E-state index contributed by atoms with van der Waals surface area (Å²) in [5.74, 6) is 0.659. The van der Waals surface area contributed by atoms with E-state index in [-0.39, 0.29) is 0 Å². The minimum Gasteiger partial charge on any atom is -0.250 e. The van der Waals surface area contributed by atoms with Gasteiger partial charge in [-0.1, -0.05) is 35.9 Å². The molecule has 0 bridgehead atoms. The van der Waals surface area contributed by atoms with Crippen LogP contribution in [0, 0.1) is 13.8 Å². The van der Waals surface area contributed by atoms with Crippen LogP contribution in [-0.2, 0) is 0 Å². The highest BCUT2D eigenvalue weighted by Crippen LogP contribution is 2.20. The van der Waals surface area contributed by atoms with Gasteiger partial charge in [0, 0.05) is 17.5 Å². The molecule has 1 aromatic carbocycles. The number of hydrogen-bond donors (Lipinski definition) is 0. The van der Waals surface area contributed by atoms with E-state index >= 15 is 0 Å². The van der Waals surface area contributed by atoms with Crippen LogP contribution >= 0.6 is 0 Å². The summed E-state index contributed by atoms with van der Waals surface area (Å²) < 4.78 is 0. The molecule has 0 radical (unpaired) electrons. The predicted molar refractivity (Wildman–Crippen MR) is 80.2 cm³/mol. The van der Waals surface area contributed by atoms with Gasteiger partial charge in [-0.3, -0.25) is 0 Å². The topological polar surface area (TPSA) is 38.7 Å². The molecule has 3 heteroatoms. The number of pyridine rings is 1. The Labute approximate surface area is 118 Å². The van der Waals surface area contributed by atoms with Crippen LogP contribution < -0.4 is 0 Å². The summed E-state index contributed by atoms with van der Waals surface area (Å²) in [5.41, 5.74) is 5.01. The molecule has 0 saturated heterocycles. The molecule has 0 saturated carbocycles. The first-order chi connectivity index (χ1) is 9.72. The van der Waals surface area contributed by atoms with Gasteiger partial charge >= 0.3 is 0 Å². The second-order valence-corrected chi connectivity index (χ2v) is 4.80. The molecule has 3 nitrogen and oxygen atoms in total. The Kier molecular flexibility index (Phi) is 3.25. The van der Waals surface area contributed by atoms with Crippen molar-refractivity contribution in [3.63, 3.8) is 0 Å². The zero-order valence-electron chi connectivity index (χ0n) is 11.5. The average molecular weight is 261 g/mol. The second-order valence-electron chi connectivity index (χ2n) is 4.80. The van der Waals surface area contributed by atoms with E-state index in [2.05, 4.69) is 46.1 Å². The van der Waals surface area contributed by atoms with Gasteiger partial charge in [-0.15, -0.1) is 0 Å². The first-order valence-electron chi connectivity index (χ1n) is 6.56. The van der Waals surface area contributed by atoms with Gasteiger partial charge in [-0.2, -0.15) is 0 Å². The summed E-state index contributed by atoms with van der Waals surface area (Å²) in [7, 11) is 0. The van der Waals surface area contributed by atoms with Gasteiger partial charge in [0.05, 0.1) is 5.69 Å². The SMILES string of the molecule is Cc1ccc(-c2ccnc(-c3cccc(C)n3)n2)cc1. The second kappa shape index (κ2) is 5.21. The van der Waals surface area contributed by atoms with Gasteiger partial charge in [0.2, 0.25) is 0 Å². The summed E-state index contributed by atoms with van der Waals surface area (Å²) in [4.78, 5) is 13.4. The molecule has 0 aliphatic rings. The standard InChI is InChI=1S/C17H15N3/c1-12-6-8-14(9-7-12)15-10-11-18-17(20-15)16-5-3-4-13(2)19-16/h3-11H,1-2H3. The van der Waals surface area contributed by atoms with Crippen molar-refractivity contribution >= 4 is 0 Å². The fraction of sp³-hybridized carbons (Fsp3) is 0.118. The van der Waals surface area contributed by atoms with Gasteiger partial charge in [-0.05, 0) is 32.0 Å². The van der Waals surface area contributed by atoms with Gasteiger partial charge in [0.25, 0.3) is 0 Å².